The number of hydrogen-bond acceptors (Lipinski definition) is 3. The summed E-state index contributed by atoms with van der Waals surface area (Å²) in [4.78, 5) is 22.7. The molecule has 0 heterocycles. The van der Waals surface area contributed by atoms with Crippen LogP contribution in [0.2, 0.25) is 10.0 Å². The first kappa shape index (κ1) is 21.7. The van der Waals surface area contributed by atoms with E-state index >= 15 is 0 Å². The van der Waals surface area contributed by atoms with E-state index in [2.05, 4.69) is 15.9 Å². The van der Waals surface area contributed by atoms with Crippen molar-refractivity contribution in [2.24, 2.45) is 0 Å². The van der Waals surface area contributed by atoms with Gasteiger partial charge in [-0.25, -0.2) is 4.39 Å². The van der Waals surface area contributed by atoms with E-state index in [0.29, 0.717) is 27.6 Å². The second-order valence-electron chi connectivity index (χ2n) is 5.85. The van der Waals surface area contributed by atoms with E-state index in [9.17, 15) is 19.1 Å². The third-order valence-electron chi connectivity index (χ3n) is 3.82. The van der Waals surface area contributed by atoms with E-state index in [1.54, 1.807) is 18.2 Å². The van der Waals surface area contributed by atoms with Gasteiger partial charge in [0.1, 0.15) is 11.9 Å². The molecule has 0 radical (unpaired) electrons. The molecule has 0 aliphatic carbocycles. The van der Waals surface area contributed by atoms with E-state index in [1.165, 1.54) is 19.1 Å². The molecule has 27 heavy (non-hydrogen) atoms. The Morgan fingerprint density at radius 3 is 2.41 bits per heavy atom. The Morgan fingerprint density at radius 2 is 1.89 bits per heavy atom. The highest BCUT2D eigenvalue weighted by Crippen LogP contribution is 2.38. The third-order valence-corrected chi connectivity index (χ3v) is 5.17. The molecular weight excluding hydrogens is 462 g/mol. The van der Waals surface area contributed by atoms with Crippen molar-refractivity contribution in [2.45, 2.75) is 25.9 Å². The minimum atomic E-state index is -1.09. The minimum Gasteiger partial charge on any atom is -0.481 e. The molecule has 1 N–H and O–H groups in total. The van der Waals surface area contributed by atoms with E-state index in [0.717, 1.165) is 0 Å². The van der Waals surface area contributed by atoms with Crippen molar-refractivity contribution in [1.29, 1.82) is 0 Å². The lowest BCUT2D eigenvalue weighted by Crippen LogP contribution is -2.22. The zero-order valence-corrected chi connectivity index (χ0v) is 17.4. The summed E-state index contributed by atoms with van der Waals surface area (Å²) in [7, 11) is 0. The average molecular weight is 478 g/mol. The lowest BCUT2D eigenvalue weighted by atomic mass is 9.90. The molecule has 0 aliphatic heterocycles. The van der Waals surface area contributed by atoms with Gasteiger partial charge in [-0.05, 0) is 41.0 Å². The number of carbonyl (C=O) groups excluding carboxylic acids is 1. The molecule has 4 nitrogen and oxygen atoms in total. The first-order chi connectivity index (χ1) is 12.7. The Morgan fingerprint density at radius 1 is 1.26 bits per heavy atom. The molecule has 0 bridgehead atoms. The predicted octanol–water partition coefficient (Wildman–Crippen LogP) is 5.30. The highest BCUT2D eigenvalue weighted by atomic mass is 79.9. The minimum absolute atomic E-state index is 0.139. The number of halogens is 4. The van der Waals surface area contributed by atoms with Crippen molar-refractivity contribution >= 4 is 51.1 Å². The van der Waals surface area contributed by atoms with Crippen LogP contribution < -0.4 is 0 Å². The van der Waals surface area contributed by atoms with Crippen LogP contribution in [0.15, 0.2) is 30.3 Å². The van der Waals surface area contributed by atoms with Crippen LogP contribution in [0.3, 0.4) is 0 Å². The van der Waals surface area contributed by atoms with Crippen molar-refractivity contribution in [1.82, 2.24) is 0 Å². The molecule has 0 saturated carbocycles. The van der Waals surface area contributed by atoms with Crippen molar-refractivity contribution in [2.75, 3.05) is 5.33 Å². The van der Waals surface area contributed by atoms with Crippen LogP contribution in [-0.2, 0) is 27.2 Å². The molecular formula is C19H16BrCl2FO4. The molecule has 0 amide bonds. The van der Waals surface area contributed by atoms with Gasteiger partial charge in [0.2, 0.25) is 0 Å². The summed E-state index contributed by atoms with van der Waals surface area (Å²) in [5, 5.41) is 10.2. The first-order valence-corrected chi connectivity index (χ1v) is 9.81. The Hall–Kier alpha value is -1.63. The fourth-order valence-electron chi connectivity index (χ4n) is 2.82. The molecule has 2 rings (SSSR count). The predicted molar refractivity (Wildman–Crippen MR) is 106 cm³/mol. The highest BCUT2D eigenvalue weighted by Gasteiger charge is 2.22. The van der Waals surface area contributed by atoms with Crippen LogP contribution in [-0.4, -0.2) is 28.5 Å². The molecule has 0 aromatic heterocycles. The smallest absolute Gasteiger partial charge is 0.307 e. The molecule has 0 fully saturated rings. The number of carboxylic acids is 1. The zero-order valence-electron chi connectivity index (χ0n) is 14.3. The van der Waals surface area contributed by atoms with Crippen LogP contribution >= 0.6 is 39.1 Å². The summed E-state index contributed by atoms with van der Waals surface area (Å²) < 4.78 is 19.5. The van der Waals surface area contributed by atoms with Gasteiger partial charge in [-0.1, -0.05) is 45.2 Å². The SMILES string of the molecule is CC(=O)OC(CBr)Cc1cc(F)cc(-c2c(Cl)cccc2Cl)c1CC(=O)O. The maximum atomic E-state index is 14.4. The summed E-state index contributed by atoms with van der Waals surface area (Å²) in [5.41, 5.74) is 1.45. The van der Waals surface area contributed by atoms with Gasteiger partial charge < -0.3 is 9.84 Å². The third kappa shape index (κ3) is 5.67. The average Bonchev–Trinajstić information content (AvgIpc) is 2.56. The number of alkyl halides is 1. The molecule has 2 aromatic rings. The number of carbonyl (C=O) groups is 2. The van der Waals surface area contributed by atoms with Crippen molar-refractivity contribution in [3.8, 4) is 11.1 Å². The lowest BCUT2D eigenvalue weighted by Gasteiger charge is -2.20. The van der Waals surface area contributed by atoms with Crippen molar-refractivity contribution in [3.63, 3.8) is 0 Å². The normalized spacial score (nSPS) is 11.9. The number of esters is 1. The standard InChI is InChI=1S/C19H16BrCl2FO4/c1-10(24)27-13(9-20)6-11-5-12(23)7-15(14(11)8-18(25)26)19-16(21)3-2-4-17(19)22/h2-5,7,13H,6,8-9H2,1H3,(H,25,26). The Balaban J connectivity index is 2.65. The number of rotatable bonds is 7. The summed E-state index contributed by atoms with van der Waals surface area (Å²) in [6.45, 7) is 1.27. The van der Waals surface area contributed by atoms with Gasteiger partial charge in [0.15, 0.2) is 0 Å². The Bertz CT molecular complexity index is 853. The molecule has 1 unspecified atom stereocenters. The van der Waals surface area contributed by atoms with Crippen LogP contribution in [0.4, 0.5) is 4.39 Å². The van der Waals surface area contributed by atoms with Gasteiger partial charge in [0.05, 0.1) is 6.42 Å². The molecule has 1 atom stereocenters. The molecule has 144 valence electrons. The maximum Gasteiger partial charge on any atom is 0.307 e. The van der Waals surface area contributed by atoms with Gasteiger partial charge in [-0.15, -0.1) is 0 Å². The Labute approximate surface area is 174 Å². The summed E-state index contributed by atoms with van der Waals surface area (Å²) >= 11 is 15.7. The summed E-state index contributed by atoms with van der Waals surface area (Å²) in [6, 6.07) is 7.29. The number of hydrogen-bond donors (Lipinski definition) is 1. The topological polar surface area (TPSA) is 63.6 Å². The number of carboxylic acid groups (broad SMARTS) is 1. The van der Waals surface area contributed by atoms with Crippen LogP contribution in [0.5, 0.6) is 0 Å². The van der Waals surface area contributed by atoms with E-state index in [1.807, 2.05) is 0 Å². The van der Waals surface area contributed by atoms with Gasteiger partial charge in [0.25, 0.3) is 0 Å². The number of benzene rings is 2. The Kier molecular flexibility index (Phi) is 7.65. The van der Waals surface area contributed by atoms with Crippen LogP contribution in [0, 0.1) is 5.82 Å². The quantitative estimate of drug-likeness (QED) is 0.434. The molecule has 8 heteroatoms. The van der Waals surface area contributed by atoms with Gasteiger partial charge >= 0.3 is 11.9 Å². The largest absolute Gasteiger partial charge is 0.481 e. The maximum absolute atomic E-state index is 14.4. The zero-order chi connectivity index (χ0) is 20.1. The second-order valence-corrected chi connectivity index (χ2v) is 7.31. The fourth-order valence-corrected chi connectivity index (χ4v) is 3.78. The van der Waals surface area contributed by atoms with E-state index < -0.39 is 23.9 Å². The van der Waals surface area contributed by atoms with Crippen LogP contribution in [0.1, 0.15) is 18.1 Å². The second kappa shape index (κ2) is 9.53. The monoisotopic (exact) mass is 476 g/mol. The lowest BCUT2D eigenvalue weighted by molar-refractivity contribution is -0.145. The van der Waals surface area contributed by atoms with Crippen LogP contribution in [0.25, 0.3) is 11.1 Å². The summed E-state index contributed by atoms with van der Waals surface area (Å²) in [6.07, 6.45) is -0.798. The molecule has 0 aliphatic rings. The van der Waals surface area contributed by atoms with Gasteiger partial charge in [-0.2, -0.15) is 0 Å². The van der Waals surface area contributed by atoms with E-state index in [-0.39, 0.29) is 22.9 Å². The fraction of sp³-hybridized carbons (Fsp3) is 0.263. The van der Waals surface area contributed by atoms with Crippen molar-refractivity contribution in [3.05, 3.63) is 57.3 Å². The first-order valence-electron chi connectivity index (χ1n) is 7.93. The van der Waals surface area contributed by atoms with Gasteiger partial charge in [0, 0.05) is 34.3 Å². The molecule has 0 spiro atoms. The van der Waals surface area contributed by atoms with E-state index in [4.69, 9.17) is 27.9 Å². The molecule has 2 aromatic carbocycles. The number of aliphatic carboxylic acids is 1. The highest BCUT2D eigenvalue weighted by molar-refractivity contribution is 9.09. The van der Waals surface area contributed by atoms with Gasteiger partial charge in [-0.3, -0.25) is 9.59 Å². The number of ether oxygens (including phenoxy) is 1. The van der Waals surface area contributed by atoms with Crippen molar-refractivity contribution < 1.29 is 23.8 Å². The molecule has 0 saturated heterocycles. The summed E-state index contributed by atoms with van der Waals surface area (Å²) in [5.74, 6) is -2.14.